The van der Waals surface area contributed by atoms with Crippen LogP contribution in [0.15, 0.2) is 66.7 Å². The molecule has 5 rings (SSSR count). The number of amides is 4. The highest BCUT2D eigenvalue weighted by Gasteiger charge is 2.33. The minimum absolute atomic E-state index is 0.0761. The number of ether oxygens (including phenoxy) is 1. The molecular weight excluding hydrogens is 522 g/mol. The number of anilines is 2. The van der Waals surface area contributed by atoms with Crippen LogP contribution in [0.5, 0.6) is 5.75 Å². The molecule has 0 atom stereocenters. The van der Waals surface area contributed by atoms with Crippen LogP contribution in [0, 0.1) is 0 Å². The number of hydrogen-bond acceptors (Lipinski definition) is 6. The summed E-state index contributed by atoms with van der Waals surface area (Å²) >= 11 is 0. The van der Waals surface area contributed by atoms with Crippen molar-refractivity contribution in [3.8, 4) is 5.75 Å². The highest BCUT2D eigenvalue weighted by atomic mass is 16.5. The standard InChI is InChI=1S/C31H33N5O5/c32-14-1-2-15-33-29(38)22-4-3-5-24(16-22)34-30(39)21-8-6-20(7-9-21)18-36(25-11-12-25)31(40)23-10-13-26-27(17-23)41-19-28(37)35-26/h3-10,13,16-17,25H,1-2,11-12,14-15,18-19,32H2,(H,33,38)(H,34,39)(H,35,37). The van der Waals surface area contributed by atoms with Gasteiger partial charge in [-0.2, -0.15) is 0 Å². The third kappa shape index (κ3) is 7.09. The molecule has 1 aliphatic carbocycles. The molecule has 10 nitrogen and oxygen atoms in total. The Hall–Kier alpha value is -4.70. The molecule has 1 heterocycles. The van der Waals surface area contributed by atoms with Gasteiger partial charge in [-0.25, -0.2) is 0 Å². The van der Waals surface area contributed by atoms with Crippen molar-refractivity contribution in [1.29, 1.82) is 0 Å². The van der Waals surface area contributed by atoms with Crippen molar-refractivity contribution in [2.24, 2.45) is 5.73 Å². The Morgan fingerprint density at radius 3 is 2.46 bits per heavy atom. The fraction of sp³-hybridized carbons (Fsp3) is 0.290. The minimum Gasteiger partial charge on any atom is -0.482 e. The van der Waals surface area contributed by atoms with Crippen LogP contribution >= 0.6 is 0 Å². The monoisotopic (exact) mass is 555 g/mol. The van der Waals surface area contributed by atoms with Gasteiger partial charge in [0.25, 0.3) is 23.6 Å². The third-order valence-corrected chi connectivity index (χ3v) is 6.98. The second kappa shape index (κ2) is 12.6. The van der Waals surface area contributed by atoms with E-state index in [1.165, 1.54) is 0 Å². The molecule has 0 saturated heterocycles. The van der Waals surface area contributed by atoms with Crippen LogP contribution in [0.3, 0.4) is 0 Å². The third-order valence-electron chi connectivity index (χ3n) is 6.98. The molecule has 4 amide bonds. The Kier molecular flexibility index (Phi) is 8.59. The molecule has 0 unspecified atom stereocenters. The van der Waals surface area contributed by atoms with Gasteiger partial charge >= 0.3 is 0 Å². The van der Waals surface area contributed by atoms with E-state index in [0.29, 0.717) is 53.4 Å². The van der Waals surface area contributed by atoms with E-state index in [-0.39, 0.29) is 36.3 Å². The van der Waals surface area contributed by atoms with E-state index in [9.17, 15) is 19.2 Å². The maximum atomic E-state index is 13.4. The van der Waals surface area contributed by atoms with Gasteiger partial charge in [-0.3, -0.25) is 19.2 Å². The molecule has 1 fully saturated rings. The molecule has 3 aromatic rings. The molecule has 0 radical (unpaired) electrons. The minimum atomic E-state index is -0.298. The van der Waals surface area contributed by atoms with E-state index in [4.69, 9.17) is 10.5 Å². The van der Waals surface area contributed by atoms with Crippen molar-refractivity contribution < 1.29 is 23.9 Å². The molecular formula is C31H33N5O5. The van der Waals surface area contributed by atoms with Gasteiger partial charge in [0.05, 0.1) is 5.69 Å². The predicted molar refractivity (Wildman–Crippen MR) is 155 cm³/mol. The van der Waals surface area contributed by atoms with Gasteiger partial charge in [0.1, 0.15) is 5.75 Å². The van der Waals surface area contributed by atoms with E-state index >= 15 is 0 Å². The lowest BCUT2D eigenvalue weighted by molar-refractivity contribution is -0.118. The van der Waals surface area contributed by atoms with Gasteiger partial charge in [0.15, 0.2) is 6.61 Å². The molecule has 1 saturated carbocycles. The molecule has 2 aliphatic rings. The molecule has 0 aromatic heterocycles. The van der Waals surface area contributed by atoms with Crippen LogP contribution in [0.1, 0.15) is 62.3 Å². The molecule has 1 aliphatic heterocycles. The average Bonchev–Trinajstić information content (AvgIpc) is 3.83. The van der Waals surface area contributed by atoms with E-state index < -0.39 is 0 Å². The maximum absolute atomic E-state index is 13.4. The van der Waals surface area contributed by atoms with Crippen LogP contribution in [-0.4, -0.2) is 54.3 Å². The summed E-state index contributed by atoms with van der Waals surface area (Å²) in [5.41, 5.74) is 8.88. The van der Waals surface area contributed by atoms with Crippen LogP contribution in [0.4, 0.5) is 11.4 Å². The predicted octanol–water partition coefficient (Wildman–Crippen LogP) is 3.54. The summed E-state index contributed by atoms with van der Waals surface area (Å²) in [6.45, 7) is 1.46. The van der Waals surface area contributed by atoms with E-state index in [1.807, 2.05) is 17.0 Å². The largest absolute Gasteiger partial charge is 0.482 e. The number of nitrogens with two attached hydrogens (primary N) is 1. The van der Waals surface area contributed by atoms with Gasteiger partial charge in [0.2, 0.25) is 0 Å². The zero-order valence-corrected chi connectivity index (χ0v) is 22.7. The number of rotatable bonds is 11. The number of nitrogens with zero attached hydrogens (tertiary/aromatic N) is 1. The molecule has 10 heteroatoms. The van der Waals surface area contributed by atoms with Gasteiger partial charge in [-0.05, 0) is 86.3 Å². The Labute approximate surface area is 238 Å². The number of fused-ring (bicyclic) bond motifs is 1. The Morgan fingerprint density at radius 1 is 0.927 bits per heavy atom. The lowest BCUT2D eigenvalue weighted by atomic mass is 10.1. The van der Waals surface area contributed by atoms with Crippen molar-refractivity contribution in [3.05, 3.63) is 89.0 Å². The second-order valence-electron chi connectivity index (χ2n) is 10.2. The van der Waals surface area contributed by atoms with E-state index in [1.54, 1.807) is 54.6 Å². The molecule has 41 heavy (non-hydrogen) atoms. The number of carbonyl (C=O) groups excluding carboxylic acids is 4. The fourth-order valence-electron chi connectivity index (χ4n) is 4.60. The van der Waals surface area contributed by atoms with Crippen molar-refractivity contribution in [2.45, 2.75) is 38.3 Å². The Morgan fingerprint density at radius 2 is 1.71 bits per heavy atom. The van der Waals surface area contributed by atoms with Crippen molar-refractivity contribution in [3.63, 3.8) is 0 Å². The summed E-state index contributed by atoms with van der Waals surface area (Å²) in [5.74, 6) is -0.352. The number of nitrogens with one attached hydrogen (secondary N) is 3. The van der Waals surface area contributed by atoms with Gasteiger partial charge in [-0.15, -0.1) is 0 Å². The fourth-order valence-corrected chi connectivity index (χ4v) is 4.60. The topological polar surface area (TPSA) is 143 Å². The number of hydrogen-bond donors (Lipinski definition) is 4. The lowest BCUT2D eigenvalue weighted by Gasteiger charge is -2.24. The Bertz CT molecular complexity index is 1450. The number of unbranched alkanes of at least 4 members (excludes halogenated alkanes) is 1. The van der Waals surface area contributed by atoms with Crippen LogP contribution < -0.4 is 26.4 Å². The highest BCUT2D eigenvalue weighted by molar-refractivity contribution is 6.05. The van der Waals surface area contributed by atoms with E-state index in [2.05, 4.69) is 16.0 Å². The number of carbonyl (C=O) groups is 4. The first-order valence-corrected chi connectivity index (χ1v) is 13.8. The summed E-state index contributed by atoms with van der Waals surface area (Å²) < 4.78 is 5.48. The second-order valence-corrected chi connectivity index (χ2v) is 10.2. The zero-order valence-electron chi connectivity index (χ0n) is 22.7. The Balaban J connectivity index is 1.20. The molecule has 3 aromatic carbocycles. The van der Waals surface area contributed by atoms with Crippen molar-refractivity contribution in [1.82, 2.24) is 10.2 Å². The van der Waals surface area contributed by atoms with Crippen molar-refractivity contribution >= 4 is 35.0 Å². The summed E-state index contributed by atoms with van der Waals surface area (Å²) in [7, 11) is 0. The van der Waals surface area contributed by atoms with Crippen LogP contribution in [0.2, 0.25) is 0 Å². The number of benzene rings is 3. The quantitative estimate of drug-likeness (QED) is 0.267. The average molecular weight is 556 g/mol. The van der Waals surface area contributed by atoms with Crippen molar-refractivity contribution in [2.75, 3.05) is 30.3 Å². The summed E-state index contributed by atoms with van der Waals surface area (Å²) in [6, 6.07) is 19.1. The van der Waals surface area contributed by atoms with Gasteiger partial charge in [0, 0.05) is 41.5 Å². The molecule has 5 N–H and O–H groups in total. The summed E-state index contributed by atoms with van der Waals surface area (Å²) in [4.78, 5) is 52.1. The first kappa shape index (κ1) is 27.9. The highest BCUT2D eigenvalue weighted by Crippen LogP contribution is 2.33. The molecule has 212 valence electrons. The maximum Gasteiger partial charge on any atom is 0.262 e. The smallest absolute Gasteiger partial charge is 0.262 e. The van der Waals surface area contributed by atoms with Crippen LogP contribution in [0.25, 0.3) is 0 Å². The molecule has 0 spiro atoms. The first-order chi connectivity index (χ1) is 19.9. The summed E-state index contributed by atoms with van der Waals surface area (Å²) in [5, 5.41) is 8.44. The van der Waals surface area contributed by atoms with Gasteiger partial charge in [-0.1, -0.05) is 18.2 Å². The first-order valence-electron chi connectivity index (χ1n) is 13.8. The van der Waals surface area contributed by atoms with E-state index in [0.717, 1.165) is 31.2 Å². The summed E-state index contributed by atoms with van der Waals surface area (Å²) in [6.07, 6.45) is 3.53. The zero-order chi connectivity index (χ0) is 28.8. The lowest BCUT2D eigenvalue weighted by Crippen LogP contribution is -2.33. The SMILES string of the molecule is NCCCCNC(=O)c1cccc(NC(=O)c2ccc(CN(C(=O)c3ccc4c(c3)OCC(=O)N4)C3CC3)cc2)c1. The normalized spacial score (nSPS) is 13.8. The molecule has 0 bridgehead atoms. The van der Waals surface area contributed by atoms with Crippen LogP contribution in [-0.2, 0) is 11.3 Å². The van der Waals surface area contributed by atoms with Gasteiger partial charge < -0.3 is 31.3 Å².